The summed E-state index contributed by atoms with van der Waals surface area (Å²) in [5.74, 6) is -0.250. The van der Waals surface area contributed by atoms with Crippen LogP contribution in [0.3, 0.4) is 0 Å². The van der Waals surface area contributed by atoms with Gasteiger partial charge in [-0.05, 0) is 20.8 Å². The molecule has 3 N–H and O–H groups in total. The van der Waals surface area contributed by atoms with Crippen molar-refractivity contribution < 1.29 is 13.2 Å². The molecule has 21 heavy (non-hydrogen) atoms. The summed E-state index contributed by atoms with van der Waals surface area (Å²) in [7, 11) is -1.57. The number of hydrogen-bond acceptors (Lipinski definition) is 7. The molecule has 0 aromatic carbocycles. The quantitative estimate of drug-likeness (QED) is 0.834. The van der Waals surface area contributed by atoms with E-state index >= 15 is 0 Å². The van der Waals surface area contributed by atoms with E-state index in [1.165, 1.54) is 16.2 Å². The number of anilines is 2. The summed E-state index contributed by atoms with van der Waals surface area (Å²) in [5.41, 5.74) is 5.59. The van der Waals surface area contributed by atoms with E-state index in [0.717, 1.165) is 6.26 Å². The van der Waals surface area contributed by atoms with Crippen LogP contribution in [0, 0.1) is 0 Å². The van der Waals surface area contributed by atoms with Crippen LogP contribution in [0.2, 0.25) is 0 Å². The van der Waals surface area contributed by atoms with Gasteiger partial charge in [-0.1, -0.05) is 11.3 Å². The molecule has 0 saturated heterocycles. The Balaban J connectivity index is 2.83. The molecule has 120 valence electrons. The van der Waals surface area contributed by atoms with Gasteiger partial charge >= 0.3 is 0 Å². The average molecular weight is 334 g/mol. The molecule has 7 nitrogen and oxygen atoms in total. The lowest BCUT2D eigenvalue weighted by atomic mass is 10.1. The number of rotatable bonds is 5. The van der Waals surface area contributed by atoms with Crippen LogP contribution in [0.25, 0.3) is 0 Å². The van der Waals surface area contributed by atoms with Gasteiger partial charge in [0.1, 0.15) is 20.5 Å². The molecule has 1 aromatic heterocycles. The Morgan fingerprint density at radius 1 is 1.43 bits per heavy atom. The number of thiazole rings is 1. The molecular weight excluding hydrogens is 312 g/mol. The first kappa shape index (κ1) is 17.7. The van der Waals surface area contributed by atoms with Crippen molar-refractivity contribution in [3.8, 4) is 0 Å². The minimum Gasteiger partial charge on any atom is -0.382 e. The van der Waals surface area contributed by atoms with Crippen LogP contribution in [0.15, 0.2) is 0 Å². The lowest BCUT2D eigenvalue weighted by Gasteiger charge is -2.19. The number of nitrogens with two attached hydrogens (primary N) is 1. The topological polar surface area (TPSA) is 105 Å². The molecule has 1 aromatic rings. The summed E-state index contributed by atoms with van der Waals surface area (Å²) in [5, 5.41) is 3.72. The highest BCUT2D eigenvalue weighted by molar-refractivity contribution is 7.90. The van der Waals surface area contributed by atoms with Gasteiger partial charge in [-0.2, -0.15) is 0 Å². The molecule has 9 heteroatoms. The smallest absolute Gasteiger partial charge is 0.267 e. The van der Waals surface area contributed by atoms with Crippen LogP contribution < -0.4 is 11.1 Å². The number of nitrogens with one attached hydrogen (secondary N) is 1. The Hall–Kier alpha value is -1.35. The van der Waals surface area contributed by atoms with E-state index in [-0.39, 0.29) is 29.6 Å². The molecule has 0 unspecified atom stereocenters. The predicted molar refractivity (Wildman–Crippen MR) is 86.6 cm³/mol. The summed E-state index contributed by atoms with van der Waals surface area (Å²) >= 11 is 1.17. The van der Waals surface area contributed by atoms with Crippen molar-refractivity contribution in [3.05, 3.63) is 4.88 Å². The van der Waals surface area contributed by atoms with E-state index in [4.69, 9.17) is 5.73 Å². The minimum atomic E-state index is -3.11. The van der Waals surface area contributed by atoms with Crippen LogP contribution in [0.5, 0.6) is 0 Å². The zero-order valence-electron chi connectivity index (χ0n) is 12.9. The second-order valence-electron chi connectivity index (χ2n) is 5.96. The summed E-state index contributed by atoms with van der Waals surface area (Å²) in [6, 6.07) is 0. The Labute approximate surface area is 129 Å². The third-order valence-corrected chi connectivity index (χ3v) is 4.37. The first-order chi connectivity index (χ1) is 9.39. The Morgan fingerprint density at radius 2 is 2.00 bits per heavy atom. The van der Waals surface area contributed by atoms with Crippen molar-refractivity contribution in [2.75, 3.05) is 36.7 Å². The molecule has 0 fully saturated rings. The number of carbonyl (C=O) groups excluding carboxylic acids is 1. The number of sulfone groups is 1. The van der Waals surface area contributed by atoms with Crippen LogP contribution in [-0.4, -0.2) is 55.3 Å². The fraction of sp³-hybridized carbons (Fsp3) is 0.667. The third-order valence-electron chi connectivity index (χ3n) is 2.47. The average Bonchev–Trinajstić information content (AvgIpc) is 2.62. The standard InChI is InChI=1S/C12H22N4O3S2/c1-12(2,3)15-11-14-9(13)8(20-11)10(17)16(4)6-7-21(5,18)19/h6-7,13H2,1-5H3,(H,14,15). The van der Waals surface area contributed by atoms with Gasteiger partial charge in [-0.15, -0.1) is 0 Å². The van der Waals surface area contributed by atoms with Gasteiger partial charge in [0.15, 0.2) is 5.13 Å². The van der Waals surface area contributed by atoms with Crippen LogP contribution >= 0.6 is 11.3 Å². The molecule has 0 radical (unpaired) electrons. The largest absolute Gasteiger partial charge is 0.382 e. The van der Waals surface area contributed by atoms with Crippen LogP contribution in [0.1, 0.15) is 30.4 Å². The molecule has 0 aliphatic rings. The van der Waals surface area contributed by atoms with Gasteiger partial charge in [0, 0.05) is 25.4 Å². The molecule has 0 bridgehead atoms. The van der Waals surface area contributed by atoms with Gasteiger partial charge in [-0.3, -0.25) is 4.79 Å². The second-order valence-corrected chi connectivity index (χ2v) is 9.22. The maximum Gasteiger partial charge on any atom is 0.267 e. The monoisotopic (exact) mass is 334 g/mol. The van der Waals surface area contributed by atoms with Crippen molar-refractivity contribution in [1.29, 1.82) is 0 Å². The van der Waals surface area contributed by atoms with E-state index in [2.05, 4.69) is 10.3 Å². The normalized spacial score (nSPS) is 12.2. The number of nitrogens with zero attached hydrogens (tertiary/aromatic N) is 2. The minimum absolute atomic E-state index is 0.0823. The fourth-order valence-corrected chi connectivity index (χ4v) is 3.13. The summed E-state index contributed by atoms with van der Waals surface area (Å²) in [4.78, 5) is 18.0. The van der Waals surface area contributed by atoms with Crippen LogP contribution in [0.4, 0.5) is 10.9 Å². The van der Waals surface area contributed by atoms with Gasteiger partial charge in [0.2, 0.25) is 0 Å². The van der Waals surface area contributed by atoms with E-state index in [1.54, 1.807) is 7.05 Å². The highest BCUT2D eigenvalue weighted by Crippen LogP contribution is 2.28. The second kappa shape index (κ2) is 6.18. The highest BCUT2D eigenvalue weighted by Gasteiger charge is 2.22. The molecule has 0 aliphatic carbocycles. The summed E-state index contributed by atoms with van der Waals surface area (Å²) in [6.45, 7) is 6.05. The molecule has 0 aliphatic heterocycles. The number of carbonyl (C=O) groups is 1. The SMILES string of the molecule is CN(CCS(C)(=O)=O)C(=O)c1sc(NC(C)(C)C)nc1N. The van der Waals surface area contributed by atoms with E-state index < -0.39 is 9.84 Å². The fourth-order valence-electron chi connectivity index (χ4n) is 1.44. The van der Waals surface area contributed by atoms with Crippen molar-refractivity contribution in [3.63, 3.8) is 0 Å². The molecule has 1 rings (SSSR count). The maximum atomic E-state index is 12.3. The molecular formula is C12H22N4O3S2. The molecule has 0 spiro atoms. The van der Waals surface area contributed by atoms with E-state index in [9.17, 15) is 13.2 Å². The van der Waals surface area contributed by atoms with E-state index in [0.29, 0.717) is 10.0 Å². The van der Waals surface area contributed by atoms with Gasteiger partial charge < -0.3 is 16.0 Å². The summed E-state index contributed by atoms with van der Waals surface area (Å²) < 4.78 is 22.3. The predicted octanol–water partition coefficient (Wildman–Crippen LogP) is 1.05. The number of aromatic nitrogens is 1. The Morgan fingerprint density at radius 3 is 2.48 bits per heavy atom. The Kier molecular flexibility index (Phi) is 5.21. The molecule has 0 saturated carbocycles. The zero-order valence-corrected chi connectivity index (χ0v) is 14.6. The van der Waals surface area contributed by atoms with Crippen molar-refractivity contribution >= 4 is 38.0 Å². The number of amides is 1. The van der Waals surface area contributed by atoms with Crippen LogP contribution in [-0.2, 0) is 9.84 Å². The first-order valence-electron chi connectivity index (χ1n) is 6.37. The number of hydrogen-bond donors (Lipinski definition) is 2. The Bertz CT molecular complexity index is 617. The lowest BCUT2D eigenvalue weighted by Crippen LogP contribution is -2.31. The van der Waals surface area contributed by atoms with Gasteiger partial charge in [0.25, 0.3) is 5.91 Å². The molecule has 0 atom stereocenters. The van der Waals surface area contributed by atoms with Crippen molar-refractivity contribution in [1.82, 2.24) is 9.88 Å². The maximum absolute atomic E-state index is 12.3. The van der Waals surface area contributed by atoms with E-state index in [1.807, 2.05) is 20.8 Å². The van der Waals surface area contributed by atoms with Crippen molar-refractivity contribution in [2.45, 2.75) is 26.3 Å². The zero-order chi connectivity index (χ0) is 16.4. The number of nitrogen functional groups attached to an aromatic ring is 1. The summed E-state index contributed by atoms with van der Waals surface area (Å²) in [6.07, 6.45) is 1.14. The highest BCUT2D eigenvalue weighted by atomic mass is 32.2. The lowest BCUT2D eigenvalue weighted by molar-refractivity contribution is 0.0809. The third kappa shape index (κ3) is 5.88. The molecule has 1 heterocycles. The van der Waals surface area contributed by atoms with Gasteiger partial charge in [-0.25, -0.2) is 13.4 Å². The van der Waals surface area contributed by atoms with Gasteiger partial charge in [0.05, 0.1) is 5.75 Å². The van der Waals surface area contributed by atoms with Crippen molar-refractivity contribution in [2.24, 2.45) is 0 Å². The first-order valence-corrected chi connectivity index (χ1v) is 9.24. The molecule has 1 amide bonds.